The first-order valence-corrected chi connectivity index (χ1v) is 5.29. The standard InChI is InChI=1S/C15H11FO/c16-14-9-7-13(8-10-14)15(17)11-6-12-4-2-1-3-5-12/h1-11H/b11-6-. The van der Waals surface area contributed by atoms with Crippen molar-refractivity contribution in [2.75, 3.05) is 0 Å². The van der Waals surface area contributed by atoms with E-state index in [0.29, 0.717) is 5.56 Å². The largest absolute Gasteiger partial charge is 0.289 e. The van der Waals surface area contributed by atoms with E-state index in [1.165, 1.54) is 30.3 Å². The van der Waals surface area contributed by atoms with E-state index in [1.807, 2.05) is 30.3 Å². The quantitative estimate of drug-likeness (QED) is 0.575. The molecule has 0 spiro atoms. The third-order valence-corrected chi connectivity index (χ3v) is 2.36. The highest BCUT2D eigenvalue weighted by Crippen LogP contribution is 2.07. The Kier molecular flexibility index (Phi) is 3.46. The van der Waals surface area contributed by atoms with Crippen molar-refractivity contribution in [1.82, 2.24) is 0 Å². The fourth-order valence-corrected chi connectivity index (χ4v) is 1.45. The fraction of sp³-hybridized carbons (Fsp3) is 0. The average Bonchev–Trinajstić information content (AvgIpc) is 2.38. The monoisotopic (exact) mass is 226 g/mol. The number of benzene rings is 2. The molecule has 2 heteroatoms. The molecule has 0 bridgehead atoms. The van der Waals surface area contributed by atoms with Crippen LogP contribution in [0.25, 0.3) is 6.08 Å². The Balaban J connectivity index is 2.12. The van der Waals surface area contributed by atoms with Crippen molar-refractivity contribution in [3.8, 4) is 0 Å². The molecule has 0 aromatic heterocycles. The lowest BCUT2D eigenvalue weighted by Gasteiger charge is -1.95. The van der Waals surface area contributed by atoms with Crippen molar-refractivity contribution >= 4 is 11.9 Å². The summed E-state index contributed by atoms with van der Waals surface area (Å²) in [4.78, 5) is 11.7. The van der Waals surface area contributed by atoms with Gasteiger partial charge in [0.1, 0.15) is 5.82 Å². The number of carbonyl (C=O) groups excluding carboxylic acids is 1. The van der Waals surface area contributed by atoms with Gasteiger partial charge in [-0.1, -0.05) is 36.4 Å². The Hall–Kier alpha value is -2.22. The number of hydrogen-bond donors (Lipinski definition) is 0. The number of allylic oxidation sites excluding steroid dienone is 1. The minimum Gasteiger partial charge on any atom is -0.289 e. The maximum atomic E-state index is 12.7. The molecule has 0 saturated carbocycles. The zero-order valence-corrected chi connectivity index (χ0v) is 9.14. The van der Waals surface area contributed by atoms with E-state index < -0.39 is 0 Å². The first-order valence-electron chi connectivity index (χ1n) is 5.29. The number of hydrogen-bond acceptors (Lipinski definition) is 1. The predicted molar refractivity (Wildman–Crippen MR) is 66.2 cm³/mol. The van der Waals surface area contributed by atoms with Crippen molar-refractivity contribution < 1.29 is 9.18 Å². The Morgan fingerprint density at radius 1 is 0.941 bits per heavy atom. The van der Waals surface area contributed by atoms with E-state index >= 15 is 0 Å². The lowest BCUT2D eigenvalue weighted by atomic mass is 10.1. The maximum absolute atomic E-state index is 12.7. The van der Waals surface area contributed by atoms with Crippen LogP contribution in [0.1, 0.15) is 15.9 Å². The van der Waals surface area contributed by atoms with Crippen LogP contribution < -0.4 is 0 Å². The van der Waals surface area contributed by atoms with Gasteiger partial charge < -0.3 is 0 Å². The SMILES string of the molecule is O=C(/C=C\c1ccccc1)c1ccc(F)cc1. The van der Waals surface area contributed by atoms with Crippen LogP contribution in [0.2, 0.25) is 0 Å². The van der Waals surface area contributed by atoms with Gasteiger partial charge >= 0.3 is 0 Å². The highest BCUT2D eigenvalue weighted by Gasteiger charge is 2.00. The first-order chi connectivity index (χ1) is 8.25. The minimum atomic E-state index is -0.339. The van der Waals surface area contributed by atoms with Gasteiger partial charge in [-0.05, 0) is 35.9 Å². The molecule has 0 saturated heterocycles. The van der Waals surface area contributed by atoms with Crippen molar-refractivity contribution in [3.05, 3.63) is 77.6 Å². The number of ketones is 1. The molecule has 0 radical (unpaired) electrons. The molecule has 2 rings (SSSR count). The molecule has 2 aromatic carbocycles. The van der Waals surface area contributed by atoms with Crippen molar-refractivity contribution in [2.24, 2.45) is 0 Å². The van der Waals surface area contributed by atoms with Gasteiger partial charge in [0.15, 0.2) is 5.78 Å². The molecule has 0 amide bonds. The van der Waals surface area contributed by atoms with Crippen LogP contribution in [-0.2, 0) is 0 Å². The maximum Gasteiger partial charge on any atom is 0.185 e. The molecule has 0 N–H and O–H groups in total. The van der Waals surface area contributed by atoms with Crippen LogP contribution in [-0.4, -0.2) is 5.78 Å². The highest BCUT2D eigenvalue weighted by atomic mass is 19.1. The minimum absolute atomic E-state index is 0.131. The first kappa shape index (κ1) is 11.3. The second-order valence-corrected chi connectivity index (χ2v) is 3.62. The summed E-state index contributed by atoms with van der Waals surface area (Å²) < 4.78 is 12.7. The number of halogens is 1. The number of rotatable bonds is 3. The summed E-state index contributed by atoms with van der Waals surface area (Å²) in [7, 11) is 0. The molecule has 0 aliphatic carbocycles. The van der Waals surface area contributed by atoms with Gasteiger partial charge in [-0.2, -0.15) is 0 Å². The summed E-state index contributed by atoms with van der Waals surface area (Å²) in [5.74, 6) is -0.470. The predicted octanol–water partition coefficient (Wildman–Crippen LogP) is 3.72. The summed E-state index contributed by atoms with van der Waals surface area (Å²) in [6, 6.07) is 15.1. The molecule has 84 valence electrons. The summed E-state index contributed by atoms with van der Waals surface area (Å²) in [6.07, 6.45) is 3.23. The normalized spacial score (nSPS) is 10.6. The molecule has 0 aliphatic heterocycles. The Morgan fingerprint density at radius 2 is 1.59 bits per heavy atom. The van der Waals surface area contributed by atoms with Crippen molar-refractivity contribution in [3.63, 3.8) is 0 Å². The van der Waals surface area contributed by atoms with Gasteiger partial charge in [-0.3, -0.25) is 4.79 Å². The molecule has 0 heterocycles. The molecule has 0 fully saturated rings. The Labute approximate surface area is 99.2 Å². The zero-order valence-electron chi connectivity index (χ0n) is 9.14. The van der Waals surface area contributed by atoms with Crippen LogP contribution in [0.5, 0.6) is 0 Å². The summed E-state index contributed by atoms with van der Waals surface area (Å²) in [6.45, 7) is 0. The third kappa shape index (κ3) is 3.11. The average molecular weight is 226 g/mol. The smallest absolute Gasteiger partial charge is 0.185 e. The Bertz CT molecular complexity index is 527. The molecule has 0 atom stereocenters. The van der Waals surface area contributed by atoms with E-state index in [9.17, 15) is 9.18 Å². The van der Waals surface area contributed by atoms with Crippen LogP contribution in [0.15, 0.2) is 60.7 Å². The molecule has 0 unspecified atom stereocenters. The van der Waals surface area contributed by atoms with Crippen LogP contribution in [0.4, 0.5) is 4.39 Å². The van der Waals surface area contributed by atoms with Gasteiger partial charge in [0, 0.05) is 5.56 Å². The van der Waals surface area contributed by atoms with Crippen LogP contribution in [0, 0.1) is 5.82 Å². The van der Waals surface area contributed by atoms with E-state index in [0.717, 1.165) is 5.56 Å². The summed E-state index contributed by atoms with van der Waals surface area (Å²) in [5.41, 5.74) is 1.45. The van der Waals surface area contributed by atoms with Gasteiger partial charge in [0.2, 0.25) is 0 Å². The van der Waals surface area contributed by atoms with Crippen LogP contribution >= 0.6 is 0 Å². The summed E-state index contributed by atoms with van der Waals surface area (Å²) in [5, 5.41) is 0. The molecule has 0 aliphatic rings. The van der Waals surface area contributed by atoms with Gasteiger partial charge in [0.05, 0.1) is 0 Å². The van der Waals surface area contributed by atoms with Crippen molar-refractivity contribution in [1.29, 1.82) is 0 Å². The lowest BCUT2D eigenvalue weighted by molar-refractivity contribution is 0.104. The van der Waals surface area contributed by atoms with Gasteiger partial charge in [-0.25, -0.2) is 4.39 Å². The molecular weight excluding hydrogens is 215 g/mol. The van der Waals surface area contributed by atoms with E-state index in [1.54, 1.807) is 6.08 Å². The lowest BCUT2D eigenvalue weighted by Crippen LogP contribution is -1.93. The second kappa shape index (κ2) is 5.21. The Morgan fingerprint density at radius 3 is 2.24 bits per heavy atom. The number of carbonyl (C=O) groups is 1. The van der Waals surface area contributed by atoms with Gasteiger partial charge in [0.25, 0.3) is 0 Å². The molecular formula is C15H11FO. The van der Waals surface area contributed by atoms with E-state index in [2.05, 4.69) is 0 Å². The van der Waals surface area contributed by atoms with Crippen molar-refractivity contribution in [2.45, 2.75) is 0 Å². The molecule has 1 nitrogen and oxygen atoms in total. The van der Waals surface area contributed by atoms with Crippen LogP contribution in [0.3, 0.4) is 0 Å². The van der Waals surface area contributed by atoms with E-state index in [4.69, 9.17) is 0 Å². The highest BCUT2D eigenvalue weighted by molar-refractivity contribution is 6.06. The molecule has 2 aromatic rings. The zero-order chi connectivity index (χ0) is 12.1. The molecule has 17 heavy (non-hydrogen) atoms. The van der Waals surface area contributed by atoms with Gasteiger partial charge in [-0.15, -0.1) is 0 Å². The third-order valence-electron chi connectivity index (χ3n) is 2.36. The summed E-state index contributed by atoms with van der Waals surface area (Å²) >= 11 is 0. The fourth-order valence-electron chi connectivity index (χ4n) is 1.45. The van der Waals surface area contributed by atoms with E-state index in [-0.39, 0.29) is 11.6 Å². The topological polar surface area (TPSA) is 17.1 Å². The second-order valence-electron chi connectivity index (χ2n) is 3.62.